The number of carboxylic acid groups (broad SMARTS) is 1. The topological polar surface area (TPSA) is 96.3 Å². The van der Waals surface area contributed by atoms with E-state index in [2.05, 4.69) is 0 Å². The average Bonchev–Trinajstić information content (AvgIpc) is 2.95. The van der Waals surface area contributed by atoms with Crippen LogP contribution in [-0.4, -0.2) is 40.6 Å². The minimum atomic E-state index is -1.21. The molecule has 0 saturated carbocycles. The molecule has 1 heterocycles. The Bertz CT molecular complexity index is 1000. The molecule has 2 N–H and O–H groups in total. The lowest BCUT2D eigenvalue weighted by molar-refractivity contribution is -0.113. The van der Waals surface area contributed by atoms with Gasteiger partial charge in [-0.2, -0.15) is 0 Å². The van der Waals surface area contributed by atoms with E-state index in [0.717, 1.165) is 11.8 Å². The molecule has 144 valence electrons. The predicted octanol–water partition coefficient (Wildman–Crippen LogP) is 3.51. The molecule has 0 spiro atoms. The van der Waals surface area contributed by atoms with E-state index >= 15 is 0 Å². The molecular weight excluding hydrogens is 402 g/mol. The number of rotatable bonds is 5. The second kappa shape index (κ2) is 7.91. The third-order valence-corrected chi connectivity index (χ3v) is 5.28. The Hall–Kier alpha value is -3.04. The van der Waals surface area contributed by atoms with E-state index in [-0.39, 0.29) is 39.2 Å². The van der Waals surface area contributed by atoms with Crippen LogP contribution in [0.5, 0.6) is 17.2 Å². The van der Waals surface area contributed by atoms with Gasteiger partial charge in [0.25, 0.3) is 5.91 Å². The van der Waals surface area contributed by atoms with E-state index in [1.807, 2.05) is 0 Å². The summed E-state index contributed by atoms with van der Waals surface area (Å²) in [5.74, 6) is -1.18. The predicted molar refractivity (Wildman–Crippen MR) is 110 cm³/mol. The SMILES string of the molecule is COc1ccc(/C=C2\SC(=S)N(c3ccc(O)cc3)C2=O)c(C(=O)O)c1OC. The molecule has 2 aromatic carbocycles. The molecule has 1 amide bonds. The number of carbonyl (C=O) groups is 2. The van der Waals surface area contributed by atoms with Crippen molar-refractivity contribution >= 4 is 51.9 Å². The first-order valence-corrected chi connectivity index (χ1v) is 9.15. The molecule has 0 unspecified atom stereocenters. The number of ether oxygens (including phenoxy) is 2. The molecule has 3 rings (SSSR count). The van der Waals surface area contributed by atoms with Crippen molar-refractivity contribution in [3.8, 4) is 17.2 Å². The summed E-state index contributed by atoms with van der Waals surface area (Å²) in [4.78, 5) is 26.2. The zero-order valence-corrected chi connectivity index (χ0v) is 16.5. The highest BCUT2D eigenvalue weighted by Crippen LogP contribution is 2.39. The lowest BCUT2D eigenvalue weighted by Crippen LogP contribution is -2.27. The molecule has 9 heteroatoms. The summed E-state index contributed by atoms with van der Waals surface area (Å²) in [6, 6.07) is 9.16. The monoisotopic (exact) mass is 417 g/mol. The van der Waals surface area contributed by atoms with E-state index in [1.165, 1.54) is 43.4 Å². The van der Waals surface area contributed by atoms with Gasteiger partial charge in [-0.05, 0) is 42.0 Å². The van der Waals surface area contributed by atoms with Gasteiger partial charge in [-0.1, -0.05) is 30.0 Å². The van der Waals surface area contributed by atoms with E-state index in [4.69, 9.17) is 21.7 Å². The number of anilines is 1. The second-order valence-corrected chi connectivity index (χ2v) is 7.28. The lowest BCUT2D eigenvalue weighted by Gasteiger charge is -2.14. The van der Waals surface area contributed by atoms with Gasteiger partial charge in [0.15, 0.2) is 15.8 Å². The molecule has 0 aliphatic carbocycles. The third kappa shape index (κ3) is 3.54. The van der Waals surface area contributed by atoms with E-state index in [9.17, 15) is 19.8 Å². The molecule has 28 heavy (non-hydrogen) atoms. The highest BCUT2D eigenvalue weighted by molar-refractivity contribution is 8.27. The standard InChI is InChI=1S/C19H15NO6S2/c1-25-13-8-3-10(15(18(23)24)16(13)26-2)9-14-17(22)20(19(27)28-14)11-4-6-12(21)7-5-11/h3-9,21H,1-2H3,(H,23,24)/b14-9-. The first-order chi connectivity index (χ1) is 13.4. The fraction of sp³-hybridized carbons (Fsp3) is 0.105. The first-order valence-electron chi connectivity index (χ1n) is 7.92. The van der Waals surface area contributed by atoms with Crippen LogP contribution in [0.1, 0.15) is 15.9 Å². The Labute approximate surface area is 170 Å². The summed E-state index contributed by atoms with van der Waals surface area (Å²) in [5, 5.41) is 19.1. The molecule has 0 atom stereocenters. The number of aromatic carboxylic acids is 1. The van der Waals surface area contributed by atoms with Crippen LogP contribution in [0.4, 0.5) is 5.69 Å². The number of carbonyl (C=O) groups excluding carboxylic acids is 1. The van der Waals surface area contributed by atoms with Gasteiger partial charge in [-0.15, -0.1) is 0 Å². The number of carboxylic acids is 1. The van der Waals surface area contributed by atoms with Gasteiger partial charge in [0.05, 0.1) is 24.8 Å². The fourth-order valence-electron chi connectivity index (χ4n) is 2.72. The van der Waals surface area contributed by atoms with Crippen LogP contribution in [0.15, 0.2) is 41.3 Å². The van der Waals surface area contributed by atoms with Gasteiger partial charge in [0, 0.05) is 0 Å². The molecule has 2 aromatic rings. The highest BCUT2D eigenvalue weighted by Gasteiger charge is 2.34. The van der Waals surface area contributed by atoms with Gasteiger partial charge in [0.2, 0.25) is 0 Å². The number of amides is 1. The molecule has 0 bridgehead atoms. The minimum absolute atomic E-state index is 0.0674. The molecule has 7 nitrogen and oxygen atoms in total. The summed E-state index contributed by atoms with van der Waals surface area (Å²) in [5.41, 5.74) is 0.683. The summed E-state index contributed by atoms with van der Waals surface area (Å²) in [7, 11) is 2.75. The fourth-order valence-corrected chi connectivity index (χ4v) is 4.01. The average molecular weight is 417 g/mol. The number of thioether (sulfide) groups is 1. The van der Waals surface area contributed by atoms with Crippen molar-refractivity contribution in [1.29, 1.82) is 0 Å². The molecule has 1 saturated heterocycles. The van der Waals surface area contributed by atoms with Crippen molar-refractivity contribution in [2.24, 2.45) is 0 Å². The largest absolute Gasteiger partial charge is 0.508 e. The Kier molecular flexibility index (Phi) is 5.57. The number of hydrogen-bond acceptors (Lipinski definition) is 7. The molecule has 1 aliphatic heterocycles. The van der Waals surface area contributed by atoms with Crippen LogP contribution in [0.2, 0.25) is 0 Å². The Balaban J connectivity index is 2.05. The Morgan fingerprint density at radius 2 is 1.82 bits per heavy atom. The maximum Gasteiger partial charge on any atom is 0.340 e. The van der Waals surface area contributed by atoms with Crippen molar-refractivity contribution < 1.29 is 29.3 Å². The number of methoxy groups -OCH3 is 2. The molecule has 0 aromatic heterocycles. The smallest absolute Gasteiger partial charge is 0.340 e. The van der Waals surface area contributed by atoms with E-state index in [0.29, 0.717) is 10.0 Å². The first kappa shape index (κ1) is 19.7. The molecule has 1 fully saturated rings. The van der Waals surface area contributed by atoms with Gasteiger partial charge < -0.3 is 19.7 Å². The van der Waals surface area contributed by atoms with E-state index in [1.54, 1.807) is 18.2 Å². The third-order valence-electron chi connectivity index (χ3n) is 3.98. The molecule has 0 radical (unpaired) electrons. The number of phenolic OH excluding ortho intramolecular Hbond substituents is 1. The van der Waals surface area contributed by atoms with Crippen molar-refractivity contribution in [3.63, 3.8) is 0 Å². The summed E-state index contributed by atoms with van der Waals surface area (Å²) in [6.45, 7) is 0. The van der Waals surface area contributed by atoms with Crippen molar-refractivity contribution in [2.75, 3.05) is 19.1 Å². The van der Waals surface area contributed by atoms with Crippen LogP contribution in [0.3, 0.4) is 0 Å². The number of aromatic hydroxyl groups is 1. The number of nitrogens with zero attached hydrogens (tertiary/aromatic N) is 1. The van der Waals surface area contributed by atoms with Crippen molar-refractivity contribution in [3.05, 3.63) is 52.4 Å². The van der Waals surface area contributed by atoms with Crippen LogP contribution < -0.4 is 14.4 Å². The van der Waals surface area contributed by atoms with Crippen LogP contribution >= 0.6 is 24.0 Å². The number of thiocarbonyl (C=S) groups is 1. The highest BCUT2D eigenvalue weighted by atomic mass is 32.2. The summed E-state index contributed by atoms with van der Waals surface area (Å²) in [6.07, 6.45) is 1.46. The second-order valence-electron chi connectivity index (χ2n) is 5.60. The van der Waals surface area contributed by atoms with Crippen molar-refractivity contribution in [1.82, 2.24) is 0 Å². The molecule has 1 aliphatic rings. The Morgan fingerprint density at radius 1 is 1.14 bits per heavy atom. The van der Waals surface area contributed by atoms with Crippen LogP contribution in [0.25, 0.3) is 6.08 Å². The maximum atomic E-state index is 12.8. The normalized spacial score (nSPS) is 15.2. The molecular formula is C19H15NO6S2. The van der Waals surface area contributed by atoms with Gasteiger partial charge in [-0.3, -0.25) is 9.69 Å². The van der Waals surface area contributed by atoms with Gasteiger partial charge in [-0.25, -0.2) is 4.79 Å². The number of benzene rings is 2. The number of phenols is 1. The lowest BCUT2D eigenvalue weighted by atomic mass is 10.0. The van der Waals surface area contributed by atoms with Crippen LogP contribution in [-0.2, 0) is 4.79 Å². The van der Waals surface area contributed by atoms with Gasteiger partial charge in [0.1, 0.15) is 11.3 Å². The number of hydrogen-bond donors (Lipinski definition) is 2. The van der Waals surface area contributed by atoms with Crippen molar-refractivity contribution in [2.45, 2.75) is 0 Å². The van der Waals surface area contributed by atoms with E-state index < -0.39 is 5.97 Å². The van der Waals surface area contributed by atoms with Gasteiger partial charge >= 0.3 is 5.97 Å². The Morgan fingerprint density at radius 3 is 2.39 bits per heavy atom. The zero-order valence-electron chi connectivity index (χ0n) is 14.8. The minimum Gasteiger partial charge on any atom is -0.508 e. The summed E-state index contributed by atoms with van der Waals surface area (Å²) >= 11 is 6.36. The summed E-state index contributed by atoms with van der Waals surface area (Å²) < 4.78 is 10.6. The maximum absolute atomic E-state index is 12.8. The van der Waals surface area contributed by atoms with Crippen LogP contribution in [0, 0.1) is 0 Å². The quantitative estimate of drug-likeness (QED) is 0.564. The zero-order chi connectivity index (χ0) is 20.4.